The Labute approximate surface area is 163 Å². The number of amides is 2. The molecule has 0 bridgehead atoms. The number of thiophene rings is 1. The molecule has 5 nitrogen and oxygen atoms in total. The van der Waals surface area contributed by atoms with Crippen LogP contribution in [0.2, 0.25) is 0 Å². The third-order valence-corrected chi connectivity index (χ3v) is 5.26. The van der Waals surface area contributed by atoms with Crippen LogP contribution in [0.5, 0.6) is 0 Å². The Balaban J connectivity index is 0.00000243. The van der Waals surface area contributed by atoms with Crippen molar-refractivity contribution in [3.8, 4) is 0 Å². The van der Waals surface area contributed by atoms with E-state index in [1.54, 1.807) is 6.07 Å². The highest BCUT2D eigenvalue weighted by atomic mass is 35.5. The number of hydrogen-bond donors (Lipinski definition) is 3. The lowest BCUT2D eigenvalue weighted by atomic mass is 10.0. The number of halogens is 1. The largest absolute Gasteiger partial charge is 0.353 e. The van der Waals surface area contributed by atoms with E-state index in [1.165, 1.54) is 11.3 Å². The monoisotopic (exact) mass is 393 g/mol. The first kappa shape index (κ1) is 20.4. The predicted octanol–water partition coefficient (Wildman–Crippen LogP) is 2.36. The van der Waals surface area contributed by atoms with Crippen molar-refractivity contribution in [1.29, 1.82) is 0 Å². The first-order valence-electron chi connectivity index (χ1n) is 8.55. The van der Waals surface area contributed by atoms with Crippen molar-refractivity contribution in [2.75, 3.05) is 6.54 Å². The van der Waals surface area contributed by atoms with Gasteiger partial charge in [-0.1, -0.05) is 36.4 Å². The highest BCUT2D eigenvalue weighted by molar-refractivity contribution is 7.12. The Hall–Kier alpha value is -1.89. The smallest absolute Gasteiger partial charge is 0.262 e. The molecule has 0 aliphatic heterocycles. The second-order valence-electron chi connectivity index (χ2n) is 6.44. The summed E-state index contributed by atoms with van der Waals surface area (Å²) in [5.41, 5.74) is 7.06. The lowest BCUT2D eigenvalue weighted by Gasteiger charge is -2.20. The second kappa shape index (κ2) is 9.71. The quantitative estimate of drug-likeness (QED) is 0.643. The first-order chi connectivity index (χ1) is 12.1. The molecule has 7 heteroatoms. The van der Waals surface area contributed by atoms with Gasteiger partial charge in [0.2, 0.25) is 5.91 Å². The highest BCUT2D eigenvalue weighted by Crippen LogP contribution is 2.31. The SMILES string of the molecule is Cl.NC(CNC(=O)C(Cc1ccccc1)NC(=O)c1cccs1)C1CC1. The molecule has 1 aromatic heterocycles. The van der Waals surface area contributed by atoms with E-state index in [4.69, 9.17) is 5.73 Å². The maximum Gasteiger partial charge on any atom is 0.262 e. The molecule has 1 aromatic carbocycles. The van der Waals surface area contributed by atoms with Crippen LogP contribution < -0.4 is 16.4 Å². The summed E-state index contributed by atoms with van der Waals surface area (Å²) in [4.78, 5) is 25.6. The third-order valence-electron chi connectivity index (χ3n) is 4.39. The number of rotatable bonds is 8. The third kappa shape index (κ3) is 5.83. The summed E-state index contributed by atoms with van der Waals surface area (Å²) in [7, 11) is 0. The number of carbonyl (C=O) groups excluding carboxylic acids is 2. The van der Waals surface area contributed by atoms with E-state index < -0.39 is 6.04 Å². The zero-order chi connectivity index (χ0) is 17.6. The number of nitrogens with two attached hydrogens (primary N) is 1. The lowest BCUT2D eigenvalue weighted by molar-refractivity contribution is -0.123. The van der Waals surface area contributed by atoms with E-state index >= 15 is 0 Å². The van der Waals surface area contributed by atoms with E-state index in [1.807, 2.05) is 41.8 Å². The van der Waals surface area contributed by atoms with Crippen LogP contribution >= 0.6 is 23.7 Å². The average molecular weight is 394 g/mol. The van der Waals surface area contributed by atoms with Crippen molar-refractivity contribution in [2.45, 2.75) is 31.3 Å². The summed E-state index contributed by atoms with van der Waals surface area (Å²) in [5, 5.41) is 7.60. The minimum absolute atomic E-state index is 0. The Kier molecular flexibility index (Phi) is 7.63. The normalized spacial score (nSPS) is 15.4. The fourth-order valence-electron chi connectivity index (χ4n) is 2.73. The Bertz CT molecular complexity index is 705. The van der Waals surface area contributed by atoms with Crippen molar-refractivity contribution in [2.24, 2.45) is 11.7 Å². The van der Waals surface area contributed by atoms with Gasteiger partial charge in [0.25, 0.3) is 5.91 Å². The van der Waals surface area contributed by atoms with Crippen LogP contribution in [0.3, 0.4) is 0 Å². The Morgan fingerprint density at radius 3 is 2.50 bits per heavy atom. The van der Waals surface area contributed by atoms with E-state index in [9.17, 15) is 9.59 Å². The standard InChI is InChI=1S/C19H23N3O2S.ClH/c20-15(14-8-9-14)12-21-18(23)16(11-13-5-2-1-3-6-13)22-19(24)17-7-4-10-25-17;/h1-7,10,14-16H,8-9,11-12,20H2,(H,21,23)(H,22,24);1H. The Morgan fingerprint density at radius 2 is 1.88 bits per heavy atom. The molecular weight excluding hydrogens is 370 g/mol. The van der Waals surface area contributed by atoms with Gasteiger partial charge in [-0.15, -0.1) is 23.7 Å². The summed E-state index contributed by atoms with van der Waals surface area (Å²) < 4.78 is 0. The first-order valence-corrected chi connectivity index (χ1v) is 9.43. The summed E-state index contributed by atoms with van der Waals surface area (Å²) in [6.07, 6.45) is 2.72. The van der Waals surface area contributed by atoms with Crippen molar-refractivity contribution >= 4 is 35.6 Å². The van der Waals surface area contributed by atoms with Gasteiger partial charge in [0.1, 0.15) is 6.04 Å². The van der Waals surface area contributed by atoms with Gasteiger partial charge >= 0.3 is 0 Å². The maximum absolute atomic E-state index is 12.6. The topological polar surface area (TPSA) is 84.2 Å². The van der Waals surface area contributed by atoms with Crippen molar-refractivity contribution < 1.29 is 9.59 Å². The van der Waals surface area contributed by atoms with E-state index in [-0.39, 0.29) is 30.3 Å². The maximum atomic E-state index is 12.6. The summed E-state index contributed by atoms with van der Waals surface area (Å²) in [6.45, 7) is 0.448. The van der Waals surface area contributed by atoms with Gasteiger partial charge in [0.15, 0.2) is 0 Å². The highest BCUT2D eigenvalue weighted by Gasteiger charge is 2.29. The molecule has 3 rings (SSSR count). The summed E-state index contributed by atoms with van der Waals surface area (Å²) in [5.74, 6) is 0.107. The van der Waals surface area contributed by atoms with Crippen LogP contribution in [0.4, 0.5) is 0 Å². The second-order valence-corrected chi connectivity index (χ2v) is 7.39. The van der Waals surface area contributed by atoms with Gasteiger partial charge in [-0.2, -0.15) is 0 Å². The molecule has 2 amide bonds. The van der Waals surface area contributed by atoms with Crippen molar-refractivity contribution in [1.82, 2.24) is 10.6 Å². The Morgan fingerprint density at radius 1 is 1.15 bits per heavy atom. The molecule has 2 atom stereocenters. The molecule has 1 saturated carbocycles. The van der Waals surface area contributed by atoms with Crippen LogP contribution in [-0.4, -0.2) is 30.4 Å². The zero-order valence-electron chi connectivity index (χ0n) is 14.4. The van der Waals surface area contributed by atoms with Gasteiger partial charge < -0.3 is 16.4 Å². The van der Waals surface area contributed by atoms with E-state index in [0.717, 1.165) is 18.4 Å². The summed E-state index contributed by atoms with van der Waals surface area (Å²) in [6, 6.07) is 12.6. The van der Waals surface area contributed by atoms with Crippen LogP contribution in [-0.2, 0) is 11.2 Å². The molecule has 1 aliphatic carbocycles. The molecule has 140 valence electrons. The van der Waals surface area contributed by atoms with Gasteiger partial charge in [-0.05, 0) is 35.8 Å². The number of carbonyl (C=O) groups is 2. The van der Waals surface area contributed by atoms with Gasteiger partial charge in [0.05, 0.1) is 4.88 Å². The van der Waals surface area contributed by atoms with Crippen LogP contribution in [0.1, 0.15) is 28.1 Å². The number of nitrogens with one attached hydrogen (secondary N) is 2. The fourth-order valence-corrected chi connectivity index (χ4v) is 3.36. The van der Waals surface area contributed by atoms with Crippen molar-refractivity contribution in [3.05, 3.63) is 58.3 Å². The average Bonchev–Trinajstić information content (AvgIpc) is 3.33. The molecule has 2 unspecified atom stereocenters. The number of benzene rings is 1. The van der Waals surface area contributed by atoms with Gasteiger partial charge in [-0.25, -0.2) is 0 Å². The van der Waals surface area contributed by atoms with E-state index in [0.29, 0.717) is 23.8 Å². The molecule has 0 spiro atoms. The van der Waals surface area contributed by atoms with Crippen molar-refractivity contribution in [3.63, 3.8) is 0 Å². The predicted molar refractivity (Wildman–Crippen MR) is 107 cm³/mol. The lowest BCUT2D eigenvalue weighted by Crippen LogP contribution is -2.50. The number of hydrogen-bond acceptors (Lipinski definition) is 4. The molecule has 0 saturated heterocycles. The molecule has 0 radical (unpaired) electrons. The van der Waals surface area contributed by atoms with Gasteiger partial charge in [0, 0.05) is 19.0 Å². The van der Waals surface area contributed by atoms with Gasteiger partial charge in [-0.3, -0.25) is 9.59 Å². The molecule has 4 N–H and O–H groups in total. The minimum atomic E-state index is -0.622. The molecule has 1 heterocycles. The fraction of sp³-hybridized carbons (Fsp3) is 0.368. The molecule has 1 fully saturated rings. The van der Waals surface area contributed by atoms with Crippen LogP contribution in [0.15, 0.2) is 47.8 Å². The summed E-state index contributed by atoms with van der Waals surface area (Å²) >= 11 is 1.36. The van der Waals surface area contributed by atoms with Crippen LogP contribution in [0.25, 0.3) is 0 Å². The molecular formula is C19H24ClN3O2S. The molecule has 2 aromatic rings. The molecule has 1 aliphatic rings. The van der Waals surface area contributed by atoms with Crippen LogP contribution in [0, 0.1) is 5.92 Å². The van der Waals surface area contributed by atoms with E-state index in [2.05, 4.69) is 10.6 Å². The zero-order valence-corrected chi connectivity index (χ0v) is 16.0. The molecule has 26 heavy (non-hydrogen) atoms. The minimum Gasteiger partial charge on any atom is -0.353 e.